The van der Waals surface area contributed by atoms with Crippen LogP contribution in [0.4, 0.5) is 0 Å². The molecule has 0 unspecified atom stereocenters. The zero-order chi connectivity index (χ0) is 13.9. The SMILES string of the molecule is C=C1C[C@H](O)CC(C)(C)[C@H]1CC/C(C)=C\C(=O)O. The van der Waals surface area contributed by atoms with E-state index in [1.165, 1.54) is 6.08 Å². The fourth-order valence-electron chi connectivity index (χ4n) is 3.07. The molecule has 0 radical (unpaired) electrons. The summed E-state index contributed by atoms with van der Waals surface area (Å²) in [5.74, 6) is -0.525. The molecule has 3 heteroatoms. The summed E-state index contributed by atoms with van der Waals surface area (Å²) >= 11 is 0. The van der Waals surface area contributed by atoms with Crippen molar-refractivity contribution < 1.29 is 15.0 Å². The van der Waals surface area contributed by atoms with Gasteiger partial charge in [0, 0.05) is 6.08 Å². The van der Waals surface area contributed by atoms with Gasteiger partial charge in [0.15, 0.2) is 0 Å². The van der Waals surface area contributed by atoms with Crippen molar-refractivity contribution in [3.8, 4) is 0 Å². The van der Waals surface area contributed by atoms with E-state index in [0.29, 0.717) is 12.3 Å². The minimum atomic E-state index is -0.885. The van der Waals surface area contributed by atoms with Gasteiger partial charge in [-0.25, -0.2) is 4.79 Å². The Bertz CT molecular complexity index is 366. The zero-order valence-corrected chi connectivity index (χ0v) is 11.6. The van der Waals surface area contributed by atoms with Crippen LogP contribution >= 0.6 is 0 Å². The Morgan fingerprint density at radius 2 is 2.17 bits per heavy atom. The Morgan fingerprint density at radius 3 is 2.67 bits per heavy atom. The van der Waals surface area contributed by atoms with Crippen LogP contribution in [0.5, 0.6) is 0 Å². The molecule has 0 aliphatic heterocycles. The molecular formula is C15H24O3. The molecule has 3 nitrogen and oxygen atoms in total. The summed E-state index contributed by atoms with van der Waals surface area (Å²) in [6, 6.07) is 0. The monoisotopic (exact) mass is 252 g/mol. The number of hydrogen-bond donors (Lipinski definition) is 2. The summed E-state index contributed by atoms with van der Waals surface area (Å²) in [5.41, 5.74) is 2.03. The molecule has 0 saturated heterocycles. The Balaban J connectivity index is 2.65. The third-order valence-electron chi connectivity index (χ3n) is 3.89. The van der Waals surface area contributed by atoms with Crippen molar-refractivity contribution in [2.45, 2.75) is 52.6 Å². The lowest BCUT2D eigenvalue weighted by Gasteiger charge is -2.42. The Morgan fingerprint density at radius 1 is 1.56 bits per heavy atom. The number of aliphatic hydroxyl groups is 1. The molecule has 1 fully saturated rings. The molecule has 0 heterocycles. The second-order valence-electron chi connectivity index (χ2n) is 6.13. The second-order valence-corrected chi connectivity index (χ2v) is 6.13. The number of carbonyl (C=O) groups is 1. The van der Waals surface area contributed by atoms with Crippen LogP contribution in [0, 0.1) is 11.3 Å². The number of aliphatic carboxylic acids is 1. The number of carboxylic acid groups (broad SMARTS) is 1. The molecule has 18 heavy (non-hydrogen) atoms. The Labute approximate surface area is 109 Å². The Kier molecular flexibility index (Phi) is 4.74. The molecule has 102 valence electrons. The minimum Gasteiger partial charge on any atom is -0.478 e. The van der Waals surface area contributed by atoms with Crippen LogP contribution in [0.2, 0.25) is 0 Å². The molecule has 0 aromatic carbocycles. The van der Waals surface area contributed by atoms with Crippen molar-refractivity contribution in [1.29, 1.82) is 0 Å². The van der Waals surface area contributed by atoms with E-state index in [1.807, 2.05) is 6.92 Å². The highest BCUT2D eigenvalue weighted by molar-refractivity contribution is 5.80. The topological polar surface area (TPSA) is 57.5 Å². The number of rotatable bonds is 4. The Hall–Kier alpha value is -1.09. The molecule has 0 spiro atoms. The van der Waals surface area contributed by atoms with E-state index in [-0.39, 0.29) is 11.5 Å². The van der Waals surface area contributed by atoms with Crippen LogP contribution in [0.3, 0.4) is 0 Å². The van der Waals surface area contributed by atoms with Crippen LogP contribution in [0.15, 0.2) is 23.8 Å². The van der Waals surface area contributed by atoms with Crippen molar-refractivity contribution in [2.75, 3.05) is 0 Å². The average Bonchev–Trinajstić information content (AvgIpc) is 2.12. The van der Waals surface area contributed by atoms with Crippen molar-refractivity contribution in [2.24, 2.45) is 11.3 Å². The first-order valence-electron chi connectivity index (χ1n) is 6.48. The first-order chi connectivity index (χ1) is 8.22. The molecule has 1 saturated carbocycles. The first kappa shape index (κ1) is 15.0. The summed E-state index contributed by atoms with van der Waals surface area (Å²) < 4.78 is 0. The van der Waals surface area contributed by atoms with Crippen molar-refractivity contribution in [3.05, 3.63) is 23.8 Å². The van der Waals surface area contributed by atoms with E-state index >= 15 is 0 Å². The normalized spacial score (nSPS) is 28.2. The van der Waals surface area contributed by atoms with Crippen LogP contribution in [0.25, 0.3) is 0 Å². The van der Waals surface area contributed by atoms with Crippen LogP contribution in [-0.2, 0) is 4.79 Å². The van der Waals surface area contributed by atoms with Crippen LogP contribution < -0.4 is 0 Å². The highest BCUT2D eigenvalue weighted by atomic mass is 16.4. The molecule has 2 N–H and O–H groups in total. The highest BCUT2D eigenvalue weighted by Gasteiger charge is 2.37. The van der Waals surface area contributed by atoms with Crippen molar-refractivity contribution in [3.63, 3.8) is 0 Å². The maximum absolute atomic E-state index is 10.6. The van der Waals surface area contributed by atoms with Gasteiger partial charge < -0.3 is 10.2 Å². The largest absolute Gasteiger partial charge is 0.478 e. The predicted molar refractivity (Wildman–Crippen MR) is 72.3 cm³/mol. The fraction of sp³-hybridized carbons (Fsp3) is 0.667. The van der Waals surface area contributed by atoms with Gasteiger partial charge >= 0.3 is 5.97 Å². The van der Waals surface area contributed by atoms with E-state index < -0.39 is 5.97 Å². The molecular weight excluding hydrogens is 228 g/mol. The summed E-state index contributed by atoms with van der Waals surface area (Å²) in [6.45, 7) is 10.2. The lowest BCUT2D eigenvalue weighted by molar-refractivity contribution is -0.131. The van der Waals surface area contributed by atoms with Gasteiger partial charge in [-0.3, -0.25) is 0 Å². The molecule has 0 aromatic heterocycles. The maximum Gasteiger partial charge on any atom is 0.328 e. The lowest BCUT2D eigenvalue weighted by atomic mass is 9.64. The summed E-state index contributed by atoms with van der Waals surface area (Å²) in [5, 5.41) is 18.5. The molecule has 1 aliphatic carbocycles. The van der Waals surface area contributed by atoms with Gasteiger partial charge in [0.1, 0.15) is 0 Å². The van der Waals surface area contributed by atoms with Gasteiger partial charge in [-0.15, -0.1) is 0 Å². The average molecular weight is 252 g/mol. The lowest BCUT2D eigenvalue weighted by Crippen LogP contribution is -2.36. The third-order valence-corrected chi connectivity index (χ3v) is 3.89. The molecule has 2 atom stereocenters. The van der Waals surface area contributed by atoms with E-state index in [4.69, 9.17) is 5.11 Å². The number of carboxylic acids is 1. The number of hydrogen-bond acceptors (Lipinski definition) is 2. The van der Waals surface area contributed by atoms with Crippen molar-refractivity contribution >= 4 is 5.97 Å². The highest BCUT2D eigenvalue weighted by Crippen LogP contribution is 2.45. The summed E-state index contributed by atoms with van der Waals surface area (Å²) in [6.07, 6.45) is 4.14. The number of allylic oxidation sites excluding steroid dienone is 1. The summed E-state index contributed by atoms with van der Waals surface area (Å²) in [7, 11) is 0. The molecule has 0 bridgehead atoms. The third kappa shape index (κ3) is 3.98. The standard InChI is InChI=1S/C15H24O3/c1-10(7-14(17)18)5-6-13-11(2)8-12(16)9-15(13,3)4/h7,12-13,16H,2,5-6,8-9H2,1,3-4H3,(H,17,18)/b10-7-/t12-,13-/m0/s1. The maximum atomic E-state index is 10.6. The van der Waals surface area contributed by atoms with E-state index in [0.717, 1.165) is 30.4 Å². The van der Waals surface area contributed by atoms with Gasteiger partial charge in [-0.1, -0.05) is 31.6 Å². The van der Waals surface area contributed by atoms with E-state index in [2.05, 4.69) is 20.4 Å². The minimum absolute atomic E-state index is 0.0399. The molecule has 1 aliphatic rings. The van der Waals surface area contributed by atoms with Crippen LogP contribution in [-0.4, -0.2) is 22.3 Å². The summed E-state index contributed by atoms with van der Waals surface area (Å²) in [4.78, 5) is 10.6. The number of aliphatic hydroxyl groups excluding tert-OH is 1. The fourth-order valence-corrected chi connectivity index (χ4v) is 3.07. The quantitative estimate of drug-likeness (QED) is 0.597. The van der Waals surface area contributed by atoms with E-state index in [1.54, 1.807) is 0 Å². The van der Waals surface area contributed by atoms with Gasteiger partial charge in [-0.05, 0) is 43.9 Å². The molecule has 0 aromatic rings. The molecule has 0 amide bonds. The van der Waals surface area contributed by atoms with Crippen molar-refractivity contribution in [1.82, 2.24) is 0 Å². The zero-order valence-electron chi connectivity index (χ0n) is 11.6. The van der Waals surface area contributed by atoms with Gasteiger partial charge in [-0.2, -0.15) is 0 Å². The van der Waals surface area contributed by atoms with Gasteiger partial charge in [0.05, 0.1) is 6.10 Å². The second kappa shape index (κ2) is 5.70. The smallest absolute Gasteiger partial charge is 0.328 e. The molecule has 1 rings (SSSR count). The first-order valence-corrected chi connectivity index (χ1v) is 6.48. The predicted octanol–water partition coefficient (Wildman–Crippen LogP) is 3.15. The van der Waals surface area contributed by atoms with E-state index in [9.17, 15) is 9.90 Å². The van der Waals surface area contributed by atoms with Crippen LogP contribution in [0.1, 0.15) is 46.5 Å². The van der Waals surface area contributed by atoms with Gasteiger partial charge in [0.2, 0.25) is 0 Å². The van der Waals surface area contributed by atoms with Gasteiger partial charge in [0.25, 0.3) is 0 Å².